The van der Waals surface area contributed by atoms with Crippen LogP contribution in [0.15, 0.2) is 30.6 Å². The van der Waals surface area contributed by atoms with Gasteiger partial charge in [0.15, 0.2) is 5.82 Å². The molecule has 3 amide bonds. The highest BCUT2D eigenvalue weighted by molar-refractivity contribution is 6.01. The van der Waals surface area contributed by atoms with Crippen molar-refractivity contribution >= 4 is 23.8 Å². The summed E-state index contributed by atoms with van der Waals surface area (Å²) in [6.07, 6.45) is 6.44. The molecular formula is C16H18N6O2. The second-order valence-electron chi connectivity index (χ2n) is 5.33. The summed E-state index contributed by atoms with van der Waals surface area (Å²) in [7, 11) is 0. The Kier molecular flexibility index (Phi) is 4.55. The number of aromatic amines is 1. The van der Waals surface area contributed by atoms with Gasteiger partial charge < -0.3 is 15.5 Å². The van der Waals surface area contributed by atoms with Crippen LogP contribution in [0.2, 0.25) is 0 Å². The van der Waals surface area contributed by atoms with Gasteiger partial charge in [0.25, 0.3) is 0 Å². The molecule has 0 aromatic carbocycles. The third-order valence-corrected chi connectivity index (χ3v) is 3.62. The van der Waals surface area contributed by atoms with Crippen LogP contribution in [0.5, 0.6) is 0 Å². The van der Waals surface area contributed by atoms with Crippen molar-refractivity contribution in [2.24, 2.45) is 0 Å². The smallest absolute Gasteiger partial charge is 0.318 e. The summed E-state index contributed by atoms with van der Waals surface area (Å²) < 4.78 is 0. The number of H-pyrrole nitrogens is 1. The first-order chi connectivity index (χ1) is 11.7. The van der Waals surface area contributed by atoms with Gasteiger partial charge in [-0.2, -0.15) is 5.10 Å². The first-order valence-corrected chi connectivity index (χ1v) is 7.65. The van der Waals surface area contributed by atoms with Crippen molar-refractivity contribution in [3.05, 3.63) is 47.4 Å². The highest BCUT2D eigenvalue weighted by Gasteiger charge is 2.28. The van der Waals surface area contributed by atoms with Crippen molar-refractivity contribution in [3.8, 4) is 0 Å². The predicted molar refractivity (Wildman–Crippen MR) is 88.8 cm³/mol. The standard InChI is InChI=1S/C16H18N6O2/c1-2-18-16(24)22-9-12-13(10-22)20-21-15(12)19-14(23)6-5-11-4-3-7-17-8-11/h3-8H,2,9-10H2,1H3,(H,18,24)(H2,19,20,21,23). The van der Waals surface area contributed by atoms with Gasteiger partial charge in [0.1, 0.15) is 0 Å². The van der Waals surface area contributed by atoms with E-state index in [0.717, 1.165) is 16.8 Å². The average molecular weight is 326 g/mol. The molecule has 8 nitrogen and oxygen atoms in total. The van der Waals surface area contributed by atoms with Crippen LogP contribution in [-0.2, 0) is 17.9 Å². The Morgan fingerprint density at radius 2 is 2.29 bits per heavy atom. The summed E-state index contributed by atoms with van der Waals surface area (Å²) in [6.45, 7) is 3.31. The van der Waals surface area contributed by atoms with Gasteiger partial charge in [-0.15, -0.1) is 0 Å². The number of amides is 3. The zero-order valence-electron chi connectivity index (χ0n) is 13.2. The molecule has 2 aromatic rings. The Bertz CT molecular complexity index is 768. The topological polar surface area (TPSA) is 103 Å². The van der Waals surface area contributed by atoms with Crippen LogP contribution in [0.4, 0.5) is 10.6 Å². The van der Waals surface area contributed by atoms with E-state index >= 15 is 0 Å². The lowest BCUT2D eigenvalue weighted by molar-refractivity contribution is -0.111. The van der Waals surface area contributed by atoms with Crippen molar-refractivity contribution < 1.29 is 9.59 Å². The van der Waals surface area contributed by atoms with E-state index in [2.05, 4.69) is 25.8 Å². The molecule has 3 rings (SSSR count). The van der Waals surface area contributed by atoms with Gasteiger partial charge in [-0.05, 0) is 24.6 Å². The third kappa shape index (κ3) is 3.43. The normalized spacial score (nSPS) is 13.1. The molecule has 0 aliphatic carbocycles. The van der Waals surface area contributed by atoms with Gasteiger partial charge in [-0.25, -0.2) is 4.79 Å². The number of hydrogen-bond donors (Lipinski definition) is 3. The van der Waals surface area contributed by atoms with Crippen LogP contribution in [-0.4, -0.2) is 38.6 Å². The zero-order valence-corrected chi connectivity index (χ0v) is 13.2. The maximum Gasteiger partial charge on any atom is 0.318 e. The lowest BCUT2D eigenvalue weighted by atomic mass is 10.2. The summed E-state index contributed by atoms with van der Waals surface area (Å²) in [5.74, 6) is 0.169. The van der Waals surface area contributed by atoms with Gasteiger partial charge in [0.2, 0.25) is 5.91 Å². The Hall–Kier alpha value is -3.16. The molecule has 1 aliphatic heterocycles. The molecule has 8 heteroatoms. The Morgan fingerprint density at radius 1 is 1.42 bits per heavy atom. The van der Waals surface area contributed by atoms with Crippen molar-refractivity contribution in [2.75, 3.05) is 11.9 Å². The molecule has 3 N–H and O–H groups in total. The van der Waals surface area contributed by atoms with Gasteiger partial charge in [-0.1, -0.05) is 6.07 Å². The number of hydrogen-bond acceptors (Lipinski definition) is 4. The average Bonchev–Trinajstić information content (AvgIpc) is 3.16. The largest absolute Gasteiger partial charge is 0.338 e. The zero-order chi connectivity index (χ0) is 16.9. The lowest BCUT2D eigenvalue weighted by Crippen LogP contribution is -2.36. The number of rotatable bonds is 4. The second kappa shape index (κ2) is 6.95. The van der Waals surface area contributed by atoms with E-state index in [9.17, 15) is 9.59 Å². The fourth-order valence-electron chi connectivity index (χ4n) is 2.45. The molecule has 0 saturated heterocycles. The van der Waals surface area contributed by atoms with Crippen LogP contribution in [0.3, 0.4) is 0 Å². The van der Waals surface area contributed by atoms with Crippen LogP contribution < -0.4 is 10.6 Å². The number of carbonyl (C=O) groups is 2. The molecule has 24 heavy (non-hydrogen) atoms. The number of nitrogens with one attached hydrogen (secondary N) is 3. The first-order valence-electron chi connectivity index (χ1n) is 7.65. The molecule has 2 aromatic heterocycles. The predicted octanol–water partition coefficient (Wildman–Crippen LogP) is 1.50. The molecule has 0 atom stereocenters. The molecule has 0 spiro atoms. The summed E-state index contributed by atoms with van der Waals surface area (Å²) in [6, 6.07) is 3.53. The van der Waals surface area contributed by atoms with E-state index in [1.165, 1.54) is 6.08 Å². The van der Waals surface area contributed by atoms with Crippen molar-refractivity contribution in [1.29, 1.82) is 0 Å². The highest BCUT2D eigenvalue weighted by atomic mass is 16.2. The van der Waals surface area contributed by atoms with E-state index in [1.807, 2.05) is 13.0 Å². The summed E-state index contributed by atoms with van der Waals surface area (Å²) in [5.41, 5.74) is 2.51. The van der Waals surface area contributed by atoms with Crippen LogP contribution in [0.25, 0.3) is 6.08 Å². The van der Waals surface area contributed by atoms with E-state index in [-0.39, 0.29) is 11.9 Å². The fraction of sp³-hybridized carbons (Fsp3) is 0.250. The summed E-state index contributed by atoms with van der Waals surface area (Å²) >= 11 is 0. The maximum atomic E-state index is 12.0. The molecule has 0 fully saturated rings. The number of fused-ring (bicyclic) bond motifs is 1. The monoisotopic (exact) mass is 326 g/mol. The van der Waals surface area contributed by atoms with E-state index < -0.39 is 0 Å². The van der Waals surface area contributed by atoms with Crippen molar-refractivity contribution in [1.82, 2.24) is 25.4 Å². The van der Waals surface area contributed by atoms with Crippen LogP contribution >= 0.6 is 0 Å². The molecule has 124 valence electrons. The van der Waals surface area contributed by atoms with E-state index in [0.29, 0.717) is 25.5 Å². The number of urea groups is 1. The van der Waals surface area contributed by atoms with Crippen molar-refractivity contribution in [3.63, 3.8) is 0 Å². The lowest BCUT2D eigenvalue weighted by Gasteiger charge is -2.15. The van der Waals surface area contributed by atoms with Gasteiger partial charge in [0.05, 0.1) is 18.8 Å². The first kappa shape index (κ1) is 15.7. The minimum Gasteiger partial charge on any atom is -0.338 e. The quantitative estimate of drug-likeness (QED) is 0.741. The number of anilines is 1. The Labute approximate surface area is 139 Å². The summed E-state index contributed by atoms with van der Waals surface area (Å²) in [4.78, 5) is 29.6. The Balaban J connectivity index is 1.63. The molecule has 0 unspecified atom stereocenters. The molecular weight excluding hydrogens is 308 g/mol. The maximum absolute atomic E-state index is 12.0. The minimum atomic E-state index is -0.287. The SMILES string of the molecule is CCNC(=O)N1Cc2[nH]nc(NC(=O)C=Cc3cccnc3)c2C1. The van der Waals surface area contributed by atoms with E-state index in [4.69, 9.17) is 0 Å². The van der Waals surface area contributed by atoms with Gasteiger partial charge in [0, 0.05) is 30.6 Å². The molecule has 3 heterocycles. The van der Waals surface area contributed by atoms with Crippen LogP contribution in [0.1, 0.15) is 23.7 Å². The minimum absolute atomic E-state index is 0.129. The number of nitrogens with zero attached hydrogens (tertiary/aromatic N) is 3. The number of pyridine rings is 1. The van der Waals surface area contributed by atoms with Gasteiger partial charge >= 0.3 is 6.03 Å². The number of aromatic nitrogens is 3. The molecule has 1 aliphatic rings. The summed E-state index contributed by atoms with van der Waals surface area (Å²) in [5, 5.41) is 12.5. The van der Waals surface area contributed by atoms with Crippen LogP contribution in [0, 0.1) is 0 Å². The highest BCUT2D eigenvalue weighted by Crippen LogP contribution is 2.26. The molecule has 0 bridgehead atoms. The molecule has 0 radical (unpaired) electrons. The number of carbonyl (C=O) groups excluding carboxylic acids is 2. The molecule has 0 saturated carbocycles. The van der Waals surface area contributed by atoms with Gasteiger partial charge in [-0.3, -0.25) is 14.9 Å². The Morgan fingerprint density at radius 3 is 3.04 bits per heavy atom. The van der Waals surface area contributed by atoms with E-state index in [1.54, 1.807) is 29.4 Å². The fourth-order valence-corrected chi connectivity index (χ4v) is 2.45. The second-order valence-corrected chi connectivity index (χ2v) is 5.33. The third-order valence-electron chi connectivity index (χ3n) is 3.62. The van der Waals surface area contributed by atoms with Crippen molar-refractivity contribution in [2.45, 2.75) is 20.0 Å².